The highest BCUT2D eigenvalue weighted by Crippen LogP contribution is 2.28. The fraction of sp³-hybridized carbons (Fsp3) is 1.00. The van der Waals surface area contributed by atoms with Crippen molar-refractivity contribution in [1.29, 1.82) is 0 Å². The Balaban J connectivity index is 1.85. The van der Waals surface area contributed by atoms with Crippen molar-refractivity contribution in [2.75, 3.05) is 26.7 Å². The summed E-state index contributed by atoms with van der Waals surface area (Å²) in [6, 6.07) is 0.430. The zero-order valence-corrected chi connectivity index (χ0v) is 11.5. The topological polar surface area (TPSA) is 38.5 Å². The van der Waals surface area contributed by atoms with Crippen molar-refractivity contribution in [2.24, 2.45) is 11.7 Å². The van der Waals surface area contributed by atoms with E-state index >= 15 is 0 Å². The molecule has 1 aliphatic heterocycles. The molecule has 0 aromatic carbocycles. The van der Waals surface area contributed by atoms with Crippen LogP contribution in [-0.4, -0.2) is 43.3 Å². The van der Waals surface area contributed by atoms with Crippen LogP contribution in [0, 0.1) is 5.92 Å². The predicted octanol–water partition coefficient (Wildman–Crippen LogP) is 2.00. The molecule has 3 unspecified atom stereocenters. The Morgan fingerprint density at radius 3 is 2.76 bits per heavy atom. The van der Waals surface area contributed by atoms with Gasteiger partial charge in [0.2, 0.25) is 0 Å². The second kappa shape index (κ2) is 5.68. The van der Waals surface area contributed by atoms with Gasteiger partial charge in [0.15, 0.2) is 0 Å². The number of hydrogen-bond donors (Lipinski definition) is 1. The van der Waals surface area contributed by atoms with Crippen molar-refractivity contribution < 1.29 is 4.74 Å². The summed E-state index contributed by atoms with van der Waals surface area (Å²) in [5, 5.41) is 0. The molecule has 2 rings (SSSR count). The van der Waals surface area contributed by atoms with E-state index in [1.807, 2.05) is 7.11 Å². The molecule has 1 aliphatic carbocycles. The Morgan fingerprint density at radius 2 is 2.06 bits per heavy atom. The van der Waals surface area contributed by atoms with E-state index in [0.717, 1.165) is 6.54 Å². The fourth-order valence-corrected chi connectivity index (χ4v) is 3.42. The molecular weight excluding hydrogens is 212 g/mol. The lowest BCUT2D eigenvalue weighted by atomic mass is 9.84. The first-order chi connectivity index (χ1) is 8.13. The molecule has 2 aliphatic rings. The number of rotatable bonds is 3. The number of hydrogen-bond acceptors (Lipinski definition) is 3. The minimum absolute atomic E-state index is 0.0665. The molecule has 0 aromatic heterocycles. The molecule has 2 fully saturated rings. The molecule has 3 nitrogen and oxygen atoms in total. The second-order valence-electron chi connectivity index (χ2n) is 6.20. The van der Waals surface area contributed by atoms with Gasteiger partial charge in [-0.1, -0.05) is 12.8 Å². The monoisotopic (exact) mass is 240 g/mol. The number of nitrogens with zero attached hydrogens (tertiary/aromatic N) is 1. The van der Waals surface area contributed by atoms with Crippen molar-refractivity contribution in [3.05, 3.63) is 0 Å². The third kappa shape index (κ3) is 3.43. The van der Waals surface area contributed by atoms with Crippen LogP contribution in [0.25, 0.3) is 0 Å². The molecular formula is C14H28N2O. The third-order valence-corrected chi connectivity index (χ3v) is 4.69. The van der Waals surface area contributed by atoms with Gasteiger partial charge in [-0.15, -0.1) is 0 Å². The molecule has 0 radical (unpaired) electrons. The van der Waals surface area contributed by atoms with Crippen molar-refractivity contribution >= 4 is 0 Å². The van der Waals surface area contributed by atoms with Crippen molar-refractivity contribution in [2.45, 2.75) is 57.1 Å². The lowest BCUT2D eigenvalue weighted by molar-refractivity contribution is -0.0551. The highest BCUT2D eigenvalue weighted by Gasteiger charge is 2.33. The van der Waals surface area contributed by atoms with Crippen LogP contribution >= 0.6 is 0 Å². The molecule has 1 saturated carbocycles. The predicted molar refractivity (Wildman–Crippen MR) is 71.0 cm³/mol. The number of ether oxygens (including phenoxy) is 1. The molecule has 2 N–H and O–H groups in total. The zero-order chi connectivity index (χ0) is 12.3. The summed E-state index contributed by atoms with van der Waals surface area (Å²) in [6.45, 7) is 5.72. The van der Waals surface area contributed by atoms with E-state index in [1.165, 1.54) is 51.6 Å². The van der Waals surface area contributed by atoms with E-state index in [-0.39, 0.29) is 5.60 Å². The second-order valence-corrected chi connectivity index (χ2v) is 6.20. The quantitative estimate of drug-likeness (QED) is 0.820. The van der Waals surface area contributed by atoms with E-state index < -0.39 is 0 Å². The Hall–Kier alpha value is -0.120. The van der Waals surface area contributed by atoms with Crippen LogP contribution < -0.4 is 5.73 Å². The lowest BCUT2D eigenvalue weighted by Crippen LogP contribution is -2.50. The van der Waals surface area contributed by atoms with E-state index in [1.54, 1.807) is 0 Å². The first-order valence-corrected chi connectivity index (χ1v) is 7.16. The summed E-state index contributed by atoms with van der Waals surface area (Å²) >= 11 is 0. The Bertz CT molecular complexity index is 246. The Labute approximate surface area is 106 Å². The highest BCUT2D eigenvalue weighted by atomic mass is 16.5. The van der Waals surface area contributed by atoms with Crippen LogP contribution in [0.2, 0.25) is 0 Å². The summed E-state index contributed by atoms with van der Waals surface area (Å²) in [5.41, 5.74) is 6.30. The Kier molecular flexibility index (Phi) is 4.45. The normalized spacial score (nSPS) is 40.4. The van der Waals surface area contributed by atoms with Gasteiger partial charge < -0.3 is 15.4 Å². The molecule has 0 amide bonds. The van der Waals surface area contributed by atoms with Gasteiger partial charge in [-0.2, -0.15) is 0 Å². The number of piperidine rings is 1. The van der Waals surface area contributed by atoms with Gasteiger partial charge in [0.05, 0.1) is 5.60 Å². The van der Waals surface area contributed by atoms with Gasteiger partial charge in [-0.3, -0.25) is 0 Å². The first-order valence-electron chi connectivity index (χ1n) is 7.16. The van der Waals surface area contributed by atoms with Crippen molar-refractivity contribution in [1.82, 2.24) is 4.90 Å². The van der Waals surface area contributed by atoms with Gasteiger partial charge in [0.25, 0.3) is 0 Å². The molecule has 100 valence electrons. The largest absolute Gasteiger partial charge is 0.377 e. The third-order valence-electron chi connectivity index (χ3n) is 4.69. The average molecular weight is 240 g/mol. The van der Waals surface area contributed by atoms with Crippen LogP contribution in [0.3, 0.4) is 0 Å². The maximum atomic E-state index is 6.24. The van der Waals surface area contributed by atoms with Gasteiger partial charge >= 0.3 is 0 Å². The van der Waals surface area contributed by atoms with E-state index in [4.69, 9.17) is 10.5 Å². The first kappa shape index (κ1) is 13.3. The molecule has 3 atom stereocenters. The van der Waals surface area contributed by atoms with Gasteiger partial charge in [0, 0.05) is 26.2 Å². The molecule has 1 saturated heterocycles. The summed E-state index contributed by atoms with van der Waals surface area (Å²) in [4.78, 5) is 2.57. The number of likely N-dealkylation sites (tertiary alicyclic amines) is 1. The Morgan fingerprint density at radius 1 is 1.29 bits per heavy atom. The number of nitrogens with two attached hydrogens (primary N) is 1. The average Bonchev–Trinajstić information content (AvgIpc) is 2.32. The summed E-state index contributed by atoms with van der Waals surface area (Å²) in [7, 11) is 1.84. The van der Waals surface area contributed by atoms with Gasteiger partial charge in [-0.05, 0) is 45.1 Å². The van der Waals surface area contributed by atoms with Crippen LogP contribution in [0.15, 0.2) is 0 Å². The minimum Gasteiger partial charge on any atom is -0.377 e. The van der Waals surface area contributed by atoms with Crippen LogP contribution in [0.4, 0.5) is 0 Å². The zero-order valence-electron chi connectivity index (χ0n) is 11.5. The van der Waals surface area contributed by atoms with E-state index in [9.17, 15) is 0 Å². The van der Waals surface area contributed by atoms with E-state index in [2.05, 4.69) is 11.8 Å². The summed E-state index contributed by atoms with van der Waals surface area (Å²) in [6.07, 6.45) is 7.69. The standard InChI is InChI=1S/C14H28N2O/c1-14(17-2)8-5-9-16(11-14)10-12-6-3-4-7-13(12)15/h12-13H,3-11,15H2,1-2H3. The van der Waals surface area contributed by atoms with Crippen LogP contribution in [0.5, 0.6) is 0 Å². The fourth-order valence-electron chi connectivity index (χ4n) is 3.42. The smallest absolute Gasteiger partial charge is 0.0777 e. The molecule has 0 spiro atoms. The van der Waals surface area contributed by atoms with Crippen molar-refractivity contribution in [3.63, 3.8) is 0 Å². The van der Waals surface area contributed by atoms with Crippen LogP contribution in [-0.2, 0) is 4.74 Å². The molecule has 3 heteroatoms. The molecule has 0 bridgehead atoms. The summed E-state index contributed by atoms with van der Waals surface area (Å²) in [5.74, 6) is 0.711. The maximum absolute atomic E-state index is 6.24. The van der Waals surface area contributed by atoms with Crippen LogP contribution in [0.1, 0.15) is 45.4 Å². The van der Waals surface area contributed by atoms with Gasteiger partial charge in [0.1, 0.15) is 0 Å². The lowest BCUT2D eigenvalue weighted by Gasteiger charge is -2.42. The molecule has 17 heavy (non-hydrogen) atoms. The summed E-state index contributed by atoms with van der Waals surface area (Å²) < 4.78 is 5.65. The number of methoxy groups -OCH3 is 1. The molecule has 0 aromatic rings. The van der Waals surface area contributed by atoms with E-state index in [0.29, 0.717) is 12.0 Å². The SMILES string of the molecule is COC1(C)CCCN(CC2CCCCC2N)C1. The van der Waals surface area contributed by atoms with Gasteiger partial charge in [-0.25, -0.2) is 0 Å². The highest BCUT2D eigenvalue weighted by molar-refractivity contribution is 4.87. The minimum atomic E-state index is 0.0665. The molecule has 1 heterocycles. The maximum Gasteiger partial charge on any atom is 0.0777 e. The van der Waals surface area contributed by atoms with Crippen molar-refractivity contribution in [3.8, 4) is 0 Å².